The molecule has 1 aromatic carbocycles. The number of piperidine rings is 1. The summed E-state index contributed by atoms with van der Waals surface area (Å²) in [6.45, 7) is 9.54. The monoisotopic (exact) mass is 393 g/mol. The fraction of sp³-hybridized carbons (Fsp3) is 0.619. The molecule has 0 radical (unpaired) electrons. The van der Waals surface area contributed by atoms with Gasteiger partial charge < -0.3 is 15.5 Å². The molecule has 5 nitrogen and oxygen atoms in total. The van der Waals surface area contributed by atoms with Crippen LogP contribution in [0.3, 0.4) is 0 Å². The molecule has 1 fully saturated rings. The van der Waals surface area contributed by atoms with E-state index < -0.39 is 5.41 Å². The second-order valence-electron chi connectivity index (χ2n) is 8.03. The Morgan fingerprint density at radius 3 is 2.48 bits per heavy atom. The summed E-state index contributed by atoms with van der Waals surface area (Å²) in [5, 5.41) is 5.95. The zero-order valence-electron chi connectivity index (χ0n) is 16.9. The zero-order chi connectivity index (χ0) is 20.0. The van der Waals surface area contributed by atoms with Gasteiger partial charge in [-0.25, -0.2) is 0 Å². The van der Waals surface area contributed by atoms with E-state index in [-0.39, 0.29) is 23.7 Å². The Labute approximate surface area is 167 Å². The summed E-state index contributed by atoms with van der Waals surface area (Å²) in [5.74, 6) is -0.0272. The third-order valence-corrected chi connectivity index (χ3v) is 5.80. The van der Waals surface area contributed by atoms with E-state index in [2.05, 4.69) is 15.5 Å². The van der Waals surface area contributed by atoms with Crippen LogP contribution in [0.15, 0.2) is 18.2 Å². The summed E-state index contributed by atoms with van der Waals surface area (Å²) >= 11 is 5.90. The number of hydrogen-bond donors (Lipinski definition) is 2. The molecule has 1 heterocycles. The third-order valence-electron chi connectivity index (χ3n) is 5.13. The largest absolute Gasteiger partial charge is 0.371 e. The molecular formula is C21H32ClN3O2. The Hall–Kier alpha value is -1.75. The molecule has 150 valence electrons. The molecule has 0 unspecified atom stereocenters. The number of benzene rings is 1. The first-order chi connectivity index (χ1) is 12.8. The highest BCUT2D eigenvalue weighted by atomic mass is 35.5. The van der Waals surface area contributed by atoms with E-state index in [0.29, 0.717) is 11.3 Å². The second kappa shape index (κ2) is 9.45. The maximum absolute atomic E-state index is 12.9. The molecular weight excluding hydrogens is 362 g/mol. The maximum atomic E-state index is 12.9. The number of carbonyl (C=O) groups is 2. The lowest BCUT2D eigenvalue weighted by atomic mass is 9.95. The van der Waals surface area contributed by atoms with E-state index >= 15 is 0 Å². The highest BCUT2D eigenvalue weighted by molar-refractivity contribution is 6.20. The zero-order valence-corrected chi connectivity index (χ0v) is 17.7. The molecule has 1 aliphatic heterocycles. The molecule has 1 saturated heterocycles. The predicted octanol–water partition coefficient (Wildman–Crippen LogP) is 4.41. The van der Waals surface area contributed by atoms with Gasteiger partial charge in [0.2, 0.25) is 5.91 Å². The van der Waals surface area contributed by atoms with Crippen LogP contribution in [-0.2, 0) is 4.79 Å². The van der Waals surface area contributed by atoms with Crippen LogP contribution in [0.2, 0.25) is 0 Å². The van der Waals surface area contributed by atoms with Crippen LogP contribution in [0.5, 0.6) is 0 Å². The van der Waals surface area contributed by atoms with E-state index in [1.165, 1.54) is 6.42 Å². The van der Waals surface area contributed by atoms with Gasteiger partial charge in [0.25, 0.3) is 5.91 Å². The first kappa shape index (κ1) is 21.5. The quantitative estimate of drug-likeness (QED) is 0.674. The van der Waals surface area contributed by atoms with Crippen LogP contribution in [0, 0.1) is 5.41 Å². The molecule has 0 spiro atoms. The van der Waals surface area contributed by atoms with Crippen molar-refractivity contribution in [1.29, 1.82) is 0 Å². The average Bonchev–Trinajstić information content (AvgIpc) is 2.68. The Morgan fingerprint density at radius 2 is 1.89 bits per heavy atom. The van der Waals surface area contributed by atoms with E-state index in [1.54, 1.807) is 19.9 Å². The van der Waals surface area contributed by atoms with Crippen LogP contribution >= 0.6 is 11.6 Å². The molecule has 2 rings (SSSR count). The summed E-state index contributed by atoms with van der Waals surface area (Å²) in [4.78, 5) is 27.6. The maximum Gasteiger partial charge on any atom is 0.253 e. The van der Waals surface area contributed by atoms with Gasteiger partial charge in [-0.15, -0.1) is 11.6 Å². The van der Waals surface area contributed by atoms with Gasteiger partial charge in [-0.1, -0.05) is 6.92 Å². The minimum atomic E-state index is -0.674. The van der Waals surface area contributed by atoms with Crippen molar-refractivity contribution < 1.29 is 9.59 Å². The van der Waals surface area contributed by atoms with Gasteiger partial charge in [0, 0.05) is 36.4 Å². The minimum Gasteiger partial charge on any atom is -0.371 e. The van der Waals surface area contributed by atoms with Crippen molar-refractivity contribution in [2.24, 2.45) is 5.41 Å². The van der Waals surface area contributed by atoms with E-state index in [0.717, 1.165) is 38.0 Å². The lowest BCUT2D eigenvalue weighted by Crippen LogP contribution is -2.36. The highest BCUT2D eigenvalue weighted by Crippen LogP contribution is 2.28. The van der Waals surface area contributed by atoms with Gasteiger partial charge in [-0.3, -0.25) is 9.59 Å². The number of halogens is 1. The fourth-order valence-corrected chi connectivity index (χ4v) is 3.09. The lowest BCUT2D eigenvalue weighted by molar-refractivity contribution is -0.122. The topological polar surface area (TPSA) is 61.4 Å². The van der Waals surface area contributed by atoms with Crippen LogP contribution in [0.4, 0.5) is 11.4 Å². The average molecular weight is 394 g/mol. The van der Waals surface area contributed by atoms with Crippen LogP contribution in [0.1, 0.15) is 63.7 Å². The van der Waals surface area contributed by atoms with Gasteiger partial charge in [0.1, 0.15) is 0 Å². The summed E-state index contributed by atoms with van der Waals surface area (Å²) in [5.41, 5.74) is 1.49. The van der Waals surface area contributed by atoms with Crippen LogP contribution in [-0.4, -0.2) is 36.8 Å². The van der Waals surface area contributed by atoms with Gasteiger partial charge in [-0.05, 0) is 64.7 Å². The molecule has 1 aromatic rings. The molecule has 6 heteroatoms. The van der Waals surface area contributed by atoms with Crippen molar-refractivity contribution in [2.45, 2.75) is 59.4 Å². The van der Waals surface area contributed by atoms with Gasteiger partial charge in [0.05, 0.1) is 11.0 Å². The van der Waals surface area contributed by atoms with Crippen molar-refractivity contribution in [3.8, 4) is 0 Å². The van der Waals surface area contributed by atoms with Gasteiger partial charge >= 0.3 is 0 Å². The second-order valence-corrected chi connectivity index (χ2v) is 8.30. The van der Waals surface area contributed by atoms with Crippen molar-refractivity contribution in [3.63, 3.8) is 0 Å². The van der Waals surface area contributed by atoms with Gasteiger partial charge in [-0.2, -0.15) is 0 Å². The summed E-state index contributed by atoms with van der Waals surface area (Å²) < 4.78 is 0. The highest BCUT2D eigenvalue weighted by Gasteiger charge is 2.27. The van der Waals surface area contributed by atoms with Crippen molar-refractivity contribution >= 4 is 34.8 Å². The van der Waals surface area contributed by atoms with Gasteiger partial charge in [0.15, 0.2) is 0 Å². The lowest BCUT2D eigenvalue weighted by Gasteiger charge is -2.31. The standard InChI is InChI=1S/C21H32ClN3O2/c1-5-15(2)23-19(26)17-13-16(24-20(27)21(3,4)14-22)9-10-18(17)25-11-7-6-8-12-25/h9-10,13,15H,5-8,11-12,14H2,1-4H3,(H,23,26)(H,24,27)/t15-/m0/s1. The van der Waals surface area contributed by atoms with Crippen molar-refractivity contribution in [1.82, 2.24) is 5.32 Å². The number of rotatable bonds is 7. The molecule has 0 aliphatic carbocycles. The number of hydrogen-bond acceptors (Lipinski definition) is 3. The number of nitrogens with one attached hydrogen (secondary N) is 2. The predicted molar refractivity (Wildman–Crippen MR) is 113 cm³/mol. The van der Waals surface area contributed by atoms with E-state index in [9.17, 15) is 9.59 Å². The number of alkyl halides is 1. The first-order valence-corrected chi connectivity index (χ1v) is 10.4. The van der Waals surface area contributed by atoms with Crippen molar-refractivity contribution in [3.05, 3.63) is 23.8 Å². The number of anilines is 2. The SMILES string of the molecule is CC[C@H](C)NC(=O)c1cc(NC(=O)C(C)(C)CCl)ccc1N1CCCCC1. The fourth-order valence-electron chi connectivity index (χ4n) is 2.97. The molecule has 0 saturated carbocycles. The smallest absolute Gasteiger partial charge is 0.253 e. The molecule has 27 heavy (non-hydrogen) atoms. The Balaban J connectivity index is 2.32. The number of nitrogens with zero attached hydrogens (tertiary/aromatic N) is 1. The summed E-state index contributed by atoms with van der Waals surface area (Å²) in [6, 6.07) is 5.69. The molecule has 2 amide bonds. The Morgan fingerprint density at radius 1 is 1.22 bits per heavy atom. The summed E-state index contributed by atoms with van der Waals surface area (Å²) in [7, 11) is 0. The number of amides is 2. The Bertz CT molecular complexity index is 669. The first-order valence-electron chi connectivity index (χ1n) is 9.85. The van der Waals surface area contributed by atoms with Crippen LogP contribution < -0.4 is 15.5 Å². The third kappa shape index (κ3) is 5.61. The van der Waals surface area contributed by atoms with E-state index in [1.807, 2.05) is 26.0 Å². The van der Waals surface area contributed by atoms with Crippen molar-refractivity contribution in [2.75, 3.05) is 29.2 Å². The Kier molecular flexibility index (Phi) is 7.54. The molecule has 0 bridgehead atoms. The number of carbonyl (C=O) groups excluding carboxylic acids is 2. The molecule has 2 N–H and O–H groups in total. The molecule has 0 aromatic heterocycles. The normalized spacial score (nSPS) is 16.0. The minimum absolute atomic E-state index is 0.0973. The molecule has 1 atom stereocenters. The van der Waals surface area contributed by atoms with E-state index in [4.69, 9.17) is 11.6 Å². The van der Waals surface area contributed by atoms with Crippen LogP contribution in [0.25, 0.3) is 0 Å². The molecule has 1 aliphatic rings. The summed E-state index contributed by atoms with van der Waals surface area (Å²) in [6.07, 6.45) is 4.36.